The fourth-order valence-corrected chi connectivity index (χ4v) is 4.36. The van der Waals surface area contributed by atoms with Crippen molar-refractivity contribution in [2.45, 2.75) is 20.4 Å². The van der Waals surface area contributed by atoms with E-state index in [1.54, 1.807) is 12.3 Å². The molecule has 4 rings (SSSR count). The number of halogens is 1. The summed E-state index contributed by atoms with van der Waals surface area (Å²) in [5, 5.41) is 10.6. The van der Waals surface area contributed by atoms with E-state index < -0.39 is 0 Å². The van der Waals surface area contributed by atoms with Crippen LogP contribution < -0.4 is 9.61 Å². The van der Waals surface area contributed by atoms with Crippen LogP contribution in [0.15, 0.2) is 50.7 Å². The Hall–Kier alpha value is -2.64. The van der Waals surface area contributed by atoms with E-state index in [0.717, 1.165) is 49.5 Å². The summed E-state index contributed by atoms with van der Waals surface area (Å²) < 4.78 is 8.12. The summed E-state index contributed by atoms with van der Waals surface area (Å²) in [4.78, 5) is 17.1. The van der Waals surface area contributed by atoms with Crippen molar-refractivity contribution in [2.24, 2.45) is 4.99 Å². The zero-order valence-electron chi connectivity index (χ0n) is 16.0. The van der Waals surface area contributed by atoms with Gasteiger partial charge in [-0.25, -0.2) is 0 Å². The number of aromatic nitrogens is 1. The summed E-state index contributed by atoms with van der Waals surface area (Å²) in [6.07, 6.45) is 3.54. The van der Waals surface area contributed by atoms with Gasteiger partial charge in [0.25, 0.3) is 0 Å². The molecule has 0 saturated heterocycles. The molecule has 1 aliphatic rings. The number of hydrogen-bond acceptors (Lipinski definition) is 5. The molecule has 1 N–H and O–H groups in total. The average molecular weight is 471 g/mol. The SMILES string of the molecule is Cc1ccc(C)c(OCCn2c(O)c(/C=C3/C=Nc4ccc(Br)cc43)sc2=O)c1. The number of ether oxygens (including phenoxy) is 1. The van der Waals surface area contributed by atoms with Gasteiger partial charge in [-0.05, 0) is 55.3 Å². The maximum absolute atomic E-state index is 12.4. The number of allylic oxidation sites excluding steroid dienone is 1. The average Bonchev–Trinajstić information content (AvgIpc) is 3.20. The molecule has 1 aromatic heterocycles. The molecule has 0 saturated carbocycles. The Bertz CT molecular complexity index is 1210. The van der Waals surface area contributed by atoms with E-state index in [9.17, 15) is 9.90 Å². The molecule has 0 aliphatic carbocycles. The standard InChI is InChI=1S/C22H19BrN2O3S/c1-13-3-4-14(2)19(9-13)28-8-7-25-21(26)20(29-22(25)27)10-15-12-24-18-6-5-16(23)11-17(15)18/h3-6,9-12,26H,7-8H2,1-2H3/b15-10-. The lowest BCUT2D eigenvalue weighted by atomic mass is 10.1. The normalized spacial score (nSPS) is 13.8. The van der Waals surface area contributed by atoms with Crippen molar-refractivity contribution in [3.63, 3.8) is 0 Å². The van der Waals surface area contributed by atoms with Crippen molar-refractivity contribution in [2.75, 3.05) is 6.61 Å². The van der Waals surface area contributed by atoms with Crippen molar-refractivity contribution in [1.82, 2.24) is 4.57 Å². The summed E-state index contributed by atoms with van der Waals surface area (Å²) in [6, 6.07) is 11.8. The van der Waals surface area contributed by atoms with Crippen LogP contribution in [0.1, 0.15) is 21.6 Å². The first kappa shape index (κ1) is 19.7. The van der Waals surface area contributed by atoms with E-state index in [1.165, 1.54) is 4.57 Å². The molecule has 0 radical (unpaired) electrons. The highest BCUT2D eigenvalue weighted by atomic mass is 79.9. The third-order valence-corrected chi connectivity index (χ3v) is 6.12. The summed E-state index contributed by atoms with van der Waals surface area (Å²) in [6.45, 7) is 4.55. The third-order valence-electron chi connectivity index (χ3n) is 4.71. The molecule has 2 heterocycles. The Morgan fingerprint density at radius 2 is 2.07 bits per heavy atom. The second-order valence-electron chi connectivity index (χ2n) is 6.84. The van der Waals surface area contributed by atoms with E-state index in [4.69, 9.17) is 4.74 Å². The second kappa shape index (κ2) is 8.00. The molecule has 0 unspecified atom stereocenters. The molecule has 0 spiro atoms. The minimum atomic E-state index is -0.219. The monoisotopic (exact) mass is 470 g/mol. The number of nitrogens with zero attached hydrogens (tertiary/aromatic N) is 2. The fourth-order valence-electron chi connectivity index (χ4n) is 3.13. The van der Waals surface area contributed by atoms with Crippen LogP contribution in [0.2, 0.25) is 0 Å². The molecule has 7 heteroatoms. The van der Waals surface area contributed by atoms with E-state index in [0.29, 0.717) is 11.5 Å². The number of fused-ring (bicyclic) bond motifs is 1. The zero-order chi connectivity index (χ0) is 20.5. The minimum Gasteiger partial charge on any atom is -0.493 e. The number of benzene rings is 2. The van der Waals surface area contributed by atoms with E-state index >= 15 is 0 Å². The maximum atomic E-state index is 12.4. The molecule has 0 bridgehead atoms. The number of hydrogen-bond donors (Lipinski definition) is 1. The van der Waals surface area contributed by atoms with Gasteiger partial charge in [0, 0.05) is 21.8 Å². The Labute approximate surface area is 180 Å². The third kappa shape index (κ3) is 4.06. The van der Waals surface area contributed by atoms with E-state index in [2.05, 4.69) is 20.9 Å². The second-order valence-corrected chi connectivity index (χ2v) is 8.75. The number of aromatic hydroxyl groups is 1. The topological polar surface area (TPSA) is 63.8 Å². The smallest absolute Gasteiger partial charge is 0.310 e. The quantitative estimate of drug-likeness (QED) is 0.547. The molecule has 0 amide bonds. The van der Waals surface area contributed by atoms with Crippen molar-refractivity contribution < 1.29 is 9.84 Å². The zero-order valence-corrected chi connectivity index (χ0v) is 18.4. The van der Waals surface area contributed by atoms with Crippen molar-refractivity contribution in [1.29, 1.82) is 0 Å². The van der Waals surface area contributed by atoms with E-state index in [-0.39, 0.29) is 17.3 Å². The first-order valence-corrected chi connectivity index (χ1v) is 10.7. The highest BCUT2D eigenvalue weighted by Gasteiger charge is 2.17. The molecule has 2 aromatic carbocycles. The molecule has 29 heavy (non-hydrogen) atoms. The Morgan fingerprint density at radius 3 is 2.90 bits per heavy atom. The lowest BCUT2D eigenvalue weighted by Gasteiger charge is -2.10. The van der Waals surface area contributed by atoms with Gasteiger partial charge >= 0.3 is 4.87 Å². The molecular weight excluding hydrogens is 452 g/mol. The van der Waals surface area contributed by atoms with Crippen molar-refractivity contribution >= 4 is 50.8 Å². The number of aryl methyl sites for hydroxylation is 2. The van der Waals surface area contributed by atoms with Gasteiger partial charge in [0.1, 0.15) is 12.4 Å². The molecule has 5 nitrogen and oxygen atoms in total. The molecular formula is C22H19BrN2O3S. The summed E-state index contributed by atoms with van der Waals surface area (Å²) in [5.41, 5.74) is 4.84. The van der Waals surface area contributed by atoms with Crippen LogP contribution in [0.3, 0.4) is 0 Å². The Morgan fingerprint density at radius 1 is 1.24 bits per heavy atom. The molecule has 148 valence electrons. The van der Waals surface area contributed by atoms with Crippen LogP contribution in [-0.4, -0.2) is 22.5 Å². The maximum Gasteiger partial charge on any atom is 0.310 e. The summed E-state index contributed by atoms with van der Waals surface area (Å²) >= 11 is 4.48. The van der Waals surface area contributed by atoms with Crippen LogP contribution in [0.4, 0.5) is 5.69 Å². The molecule has 3 aromatic rings. The van der Waals surface area contributed by atoms with Gasteiger partial charge in [-0.1, -0.05) is 39.4 Å². The van der Waals surface area contributed by atoms with Gasteiger partial charge in [-0.15, -0.1) is 0 Å². The highest BCUT2D eigenvalue weighted by molar-refractivity contribution is 9.10. The van der Waals surface area contributed by atoms with Crippen LogP contribution in [-0.2, 0) is 6.54 Å². The van der Waals surface area contributed by atoms with Crippen molar-refractivity contribution in [3.8, 4) is 11.6 Å². The largest absolute Gasteiger partial charge is 0.493 e. The lowest BCUT2D eigenvalue weighted by Crippen LogP contribution is -2.17. The van der Waals surface area contributed by atoms with Gasteiger partial charge in [0.15, 0.2) is 0 Å². The van der Waals surface area contributed by atoms with Crippen LogP contribution >= 0.6 is 27.3 Å². The number of thiazole rings is 1. The van der Waals surface area contributed by atoms with E-state index in [1.807, 2.05) is 50.2 Å². The van der Waals surface area contributed by atoms with Gasteiger partial charge in [-0.3, -0.25) is 14.4 Å². The predicted molar refractivity (Wildman–Crippen MR) is 122 cm³/mol. The molecule has 1 aliphatic heterocycles. The minimum absolute atomic E-state index is 0.0473. The van der Waals surface area contributed by atoms with Crippen LogP contribution in [0.5, 0.6) is 11.6 Å². The Balaban J connectivity index is 1.54. The number of rotatable bonds is 5. The van der Waals surface area contributed by atoms with Gasteiger partial charge in [0.05, 0.1) is 17.1 Å². The highest BCUT2D eigenvalue weighted by Crippen LogP contribution is 2.36. The first-order chi connectivity index (χ1) is 13.9. The van der Waals surface area contributed by atoms with Crippen molar-refractivity contribution in [3.05, 3.63) is 72.1 Å². The van der Waals surface area contributed by atoms with Gasteiger partial charge in [-0.2, -0.15) is 0 Å². The summed E-state index contributed by atoms with van der Waals surface area (Å²) in [5.74, 6) is 0.744. The predicted octanol–water partition coefficient (Wildman–Crippen LogP) is 5.33. The summed E-state index contributed by atoms with van der Waals surface area (Å²) in [7, 11) is 0. The fraction of sp³-hybridized carbons (Fsp3) is 0.182. The first-order valence-electron chi connectivity index (χ1n) is 9.11. The van der Waals surface area contributed by atoms with Crippen LogP contribution in [0.25, 0.3) is 11.6 Å². The molecule has 0 fully saturated rings. The Kier molecular flexibility index (Phi) is 5.43. The van der Waals surface area contributed by atoms with Gasteiger partial charge < -0.3 is 9.84 Å². The lowest BCUT2D eigenvalue weighted by molar-refractivity contribution is 0.284. The number of aliphatic imine (C=N–C) groups is 1. The van der Waals surface area contributed by atoms with Crippen LogP contribution in [0, 0.1) is 13.8 Å². The molecule has 0 atom stereocenters. The van der Waals surface area contributed by atoms with Gasteiger partial charge in [0.2, 0.25) is 5.88 Å².